The molecular weight excluding hydrogens is 756 g/mol. The second-order valence-electron chi connectivity index (χ2n) is 11.3. The Bertz CT molecular complexity index is 1650. The van der Waals surface area contributed by atoms with E-state index in [-0.39, 0.29) is 29.2 Å². The third kappa shape index (κ3) is 18.3. The molecule has 2 unspecified atom stereocenters. The second-order valence-corrected chi connectivity index (χ2v) is 14.6. The first-order valence-corrected chi connectivity index (χ1v) is 18.9. The summed E-state index contributed by atoms with van der Waals surface area (Å²) in [6.45, 7) is 4.01. The lowest BCUT2D eigenvalue weighted by Gasteiger charge is -2.21. The van der Waals surface area contributed by atoms with Crippen molar-refractivity contribution in [2.45, 2.75) is 41.8 Å². The number of carbonyl (C=O) groups is 2. The fourth-order valence-corrected chi connectivity index (χ4v) is 5.74. The summed E-state index contributed by atoms with van der Waals surface area (Å²) < 4.78 is 35.2. The molecule has 0 spiro atoms. The van der Waals surface area contributed by atoms with Crippen molar-refractivity contribution in [2.75, 3.05) is 46.2 Å². The van der Waals surface area contributed by atoms with Crippen LogP contribution >= 0.6 is 28.7 Å². The van der Waals surface area contributed by atoms with E-state index in [1.165, 1.54) is 16.7 Å². The number of carboxylic acid groups (broad SMARTS) is 2. The summed E-state index contributed by atoms with van der Waals surface area (Å²) in [4.78, 5) is 22.0. The van der Waals surface area contributed by atoms with E-state index in [0.717, 1.165) is 43.0 Å². The van der Waals surface area contributed by atoms with Crippen molar-refractivity contribution in [2.24, 2.45) is 0 Å². The van der Waals surface area contributed by atoms with Gasteiger partial charge in [0, 0.05) is 30.5 Å². The van der Waals surface area contributed by atoms with Crippen LogP contribution in [0, 0.1) is 0 Å². The number of benzene rings is 4. The Morgan fingerprint density at radius 1 is 0.745 bits per heavy atom. The molecule has 0 fully saturated rings. The number of rotatable bonds is 15. The number of nitrogens with one attached hydrogen (secondary N) is 1. The number of halogens is 1. The average molecular weight is 806 g/mol. The molecule has 51 heavy (non-hydrogen) atoms. The van der Waals surface area contributed by atoms with Crippen LogP contribution in [0.5, 0.6) is 11.5 Å². The molecule has 0 amide bonds. The summed E-state index contributed by atoms with van der Waals surface area (Å²) in [6, 6.07) is 35.4. The predicted octanol–water partition coefficient (Wildman–Crippen LogP) is 7.42. The van der Waals surface area contributed by atoms with Gasteiger partial charge in [0.05, 0.1) is 4.90 Å². The third-order valence-corrected chi connectivity index (χ3v) is 8.99. The van der Waals surface area contributed by atoms with E-state index < -0.39 is 21.8 Å². The molecule has 4 aromatic carbocycles. The Morgan fingerprint density at radius 2 is 1.18 bits per heavy atom. The fourth-order valence-electron chi connectivity index (χ4n) is 4.45. The van der Waals surface area contributed by atoms with Crippen molar-refractivity contribution in [3.8, 4) is 11.5 Å². The Labute approximate surface area is 316 Å². The van der Waals surface area contributed by atoms with E-state index >= 15 is 0 Å². The molecule has 0 aliphatic rings. The van der Waals surface area contributed by atoms with Gasteiger partial charge < -0.3 is 29.9 Å². The third-order valence-electron chi connectivity index (χ3n) is 6.96. The van der Waals surface area contributed by atoms with E-state index in [4.69, 9.17) is 29.3 Å². The summed E-state index contributed by atoms with van der Waals surface area (Å²) in [5.74, 6) is -0.953. The van der Waals surface area contributed by atoms with Crippen molar-refractivity contribution < 1.29 is 37.7 Å². The van der Waals surface area contributed by atoms with Crippen LogP contribution in [0.2, 0.25) is 0 Å². The molecular formula is C38H49BrN2O8S2. The smallest absolute Gasteiger partial charge is 0.414 e. The molecule has 0 saturated carbocycles. The number of sulfone groups is 1. The number of carboxylic acids is 2. The van der Waals surface area contributed by atoms with E-state index in [0.29, 0.717) is 10.6 Å². The van der Waals surface area contributed by atoms with Gasteiger partial charge in [0.1, 0.15) is 23.7 Å². The van der Waals surface area contributed by atoms with Crippen LogP contribution in [0.3, 0.4) is 0 Å². The maximum Gasteiger partial charge on any atom is 0.414 e. The Balaban J connectivity index is 0.000000433. The quantitative estimate of drug-likeness (QED) is 0.0816. The number of thioether (sulfide) groups is 1. The van der Waals surface area contributed by atoms with Crippen LogP contribution in [0.4, 0.5) is 0 Å². The molecule has 0 saturated heterocycles. The normalized spacial score (nSPS) is 11.7. The monoisotopic (exact) mass is 804 g/mol. The van der Waals surface area contributed by atoms with Crippen LogP contribution in [-0.4, -0.2) is 81.7 Å². The zero-order chi connectivity index (χ0) is 36.9. The summed E-state index contributed by atoms with van der Waals surface area (Å²) >= 11 is 1.85. The highest BCUT2D eigenvalue weighted by molar-refractivity contribution is 8.93. The number of aliphatic carboxylic acids is 2. The molecule has 4 aromatic rings. The van der Waals surface area contributed by atoms with E-state index in [2.05, 4.69) is 79.8 Å². The highest BCUT2D eigenvalue weighted by Gasteiger charge is 2.15. The number of ether oxygens (including phenoxy) is 2. The zero-order valence-corrected chi connectivity index (χ0v) is 32.9. The van der Waals surface area contributed by atoms with Gasteiger partial charge in [-0.05, 0) is 93.1 Å². The van der Waals surface area contributed by atoms with Gasteiger partial charge in [0.25, 0.3) is 0 Å². The fraction of sp³-hybridized carbons (Fsp3) is 0.316. The topological polar surface area (TPSA) is 142 Å². The van der Waals surface area contributed by atoms with Gasteiger partial charge in [-0.2, -0.15) is 0 Å². The van der Waals surface area contributed by atoms with Gasteiger partial charge in [-0.3, -0.25) is 0 Å². The average Bonchev–Trinajstić information content (AvgIpc) is 3.10. The standard InChI is InChI=1S/C19H25NOS.C17H21NO3S.C2H2O4.BrH/c1-4-22-18-12-10-17(11-13-18)21-19(14-15-20(2)3)16-8-6-5-7-9-16;1-18-13-12-17(14-6-4-3-5-7-14)21-15-8-10-16(11-9-15)22(2,19)20;3-1(4)2(5)6;/h5-13,19H,4,14-15H2,1-3H3;3-11,17-18H,12-13H2,1-2H3;(H,3,4)(H,5,6);1H. The highest BCUT2D eigenvalue weighted by Crippen LogP contribution is 2.28. The predicted molar refractivity (Wildman–Crippen MR) is 209 cm³/mol. The summed E-state index contributed by atoms with van der Waals surface area (Å²) in [6.07, 6.45) is 3.02. The minimum Gasteiger partial charge on any atom is -0.486 e. The number of hydrogen-bond acceptors (Lipinski definition) is 9. The first kappa shape index (κ1) is 45.1. The molecule has 4 rings (SSSR count). The van der Waals surface area contributed by atoms with Crippen molar-refractivity contribution in [3.63, 3.8) is 0 Å². The van der Waals surface area contributed by atoms with Crippen LogP contribution in [0.1, 0.15) is 43.1 Å². The zero-order valence-electron chi connectivity index (χ0n) is 29.6. The molecule has 0 bridgehead atoms. The SMILES string of the molecule is Br.CCSc1ccc(OC(CCN(C)C)c2ccccc2)cc1.CNCCC(Oc1ccc(S(C)(=O)=O)cc1)c1ccccc1.O=C(O)C(=O)O. The van der Waals surface area contributed by atoms with Crippen molar-refractivity contribution in [1.82, 2.24) is 10.2 Å². The Hall–Kier alpha value is -3.88. The molecule has 0 aliphatic carbocycles. The van der Waals surface area contributed by atoms with Crippen molar-refractivity contribution >= 4 is 50.5 Å². The number of hydrogen-bond donors (Lipinski definition) is 3. The van der Waals surface area contributed by atoms with E-state index in [1.54, 1.807) is 24.3 Å². The lowest BCUT2D eigenvalue weighted by atomic mass is 10.1. The summed E-state index contributed by atoms with van der Waals surface area (Å²) in [7, 11) is 2.92. The molecule has 0 aromatic heterocycles. The van der Waals surface area contributed by atoms with Gasteiger partial charge >= 0.3 is 11.9 Å². The van der Waals surface area contributed by atoms with E-state index in [9.17, 15) is 8.42 Å². The molecule has 0 heterocycles. The first-order chi connectivity index (χ1) is 23.8. The molecule has 3 N–H and O–H groups in total. The van der Waals surface area contributed by atoms with Crippen LogP contribution < -0.4 is 14.8 Å². The lowest BCUT2D eigenvalue weighted by molar-refractivity contribution is -0.159. The lowest BCUT2D eigenvalue weighted by Crippen LogP contribution is -2.18. The van der Waals surface area contributed by atoms with Crippen LogP contribution in [0.25, 0.3) is 0 Å². The molecule has 0 radical (unpaired) electrons. The first-order valence-electron chi connectivity index (χ1n) is 16.1. The summed E-state index contributed by atoms with van der Waals surface area (Å²) in [5.41, 5.74) is 2.33. The van der Waals surface area contributed by atoms with Gasteiger partial charge in [-0.25, -0.2) is 18.0 Å². The highest BCUT2D eigenvalue weighted by atomic mass is 79.9. The minimum atomic E-state index is -3.18. The van der Waals surface area contributed by atoms with Gasteiger partial charge in [-0.1, -0.05) is 67.6 Å². The van der Waals surface area contributed by atoms with Gasteiger partial charge in [0.2, 0.25) is 0 Å². The molecule has 2 atom stereocenters. The molecule has 10 nitrogen and oxygen atoms in total. The maximum absolute atomic E-state index is 11.5. The molecule has 0 aliphatic heterocycles. The molecule has 13 heteroatoms. The molecule has 278 valence electrons. The largest absolute Gasteiger partial charge is 0.486 e. The van der Waals surface area contributed by atoms with Crippen molar-refractivity contribution in [1.29, 1.82) is 0 Å². The second kappa shape index (κ2) is 24.3. The van der Waals surface area contributed by atoms with E-state index in [1.807, 2.05) is 55.2 Å². The minimum absolute atomic E-state index is 0. The Kier molecular flexibility index (Phi) is 21.5. The van der Waals surface area contributed by atoms with Crippen LogP contribution in [-0.2, 0) is 19.4 Å². The summed E-state index contributed by atoms with van der Waals surface area (Å²) in [5, 5.41) is 17.9. The Morgan fingerprint density at radius 3 is 1.55 bits per heavy atom. The number of nitrogens with zero attached hydrogens (tertiary/aromatic N) is 1. The maximum atomic E-state index is 11.5. The van der Waals surface area contributed by atoms with Gasteiger partial charge in [-0.15, -0.1) is 28.7 Å². The van der Waals surface area contributed by atoms with Crippen LogP contribution in [0.15, 0.2) is 119 Å². The van der Waals surface area contributed by atoms with Crippen molar-refractivity contribution in [3.05, 3.63) is 120 Å². The van der Waals surface area contributed by atoms with Gasteiger partial charge in [0.15, 0.2) is 9.84 Å².